The van der Waals surface area contributed by atoms with Crippen LogP contribution in [0.15, 0.2) is 23.9 Å². The van der Waals surface area contributed by atoms with E-state index in [0.29, 0.717) is 6.04 Å². The highest BCUT2D eigenvalue weighted by Gasteiger charge is 2.27. The van der Waals surface area contributed by atoms with Crippen LogP contribution in [0.1, 0.15) is 20.8 Å². The lowest BCUT2D eigenvalue weighted by molar-refractivity contribution is 0.0521. The summed E-state index contributed by atoms with van der Waals surface area (Å²) in [6, 6.07) is 0.532. The van der Waals surface area contributed by atoms with Gasteiger partial charge in [0.05, 0.1) is 6.54 Å². The van der Waals surface area contributed by atoms with Gasteiger partial charge >= 0.3 is 0 Å². The van der Waals surface area contributed by atoms with Crippen molar-refractivity contribution in [2.24, 2.45) is 0 Å². The number of nitrogens with zero attached hydrogens (tertiary/aromatic N) is 2. The largest absolute Gasteiger partial charge is 0.306 e. The van der Waals surface area contributed by atoms with E-state index in [0.717, 1.165) is 6.54 Å². The topological polar surface area (TPSA) is 6.48 Å². The molecular formula is C10H18N2. The van der Waals surface area contributed by atoms with Gasteiger partial charge in [0.25, 0.3) is 0 Å². The van der Waals surface area contributed by atoms with Crippen molar-refractivity contribution in [3.8, 4) is 0 Å². The van der Waals surface area contributed by atoms with E-state index in [4.69, 9.17) is 0 Å². The fourth-order valence-electron chi connectivity index (χ4n) is 1.62. The van der Waals surface area contributed by atoms with Crippen molar-refractivity contribution >= 4 is 0 Å². The number of rotatable bonds is 2. The van der Waals surface area contributed by atoms with Crippen LogP contribution in [0.4, 0.5) is 0 Å². The van der Waals surface area contributed by atoms with Gasteiger partial charge in [-0.1, -0.05) is 6.08 Å². The van der Waals surface area contributed by atoms with Crippen LogP contribution in [0.2, 0.25) is 0 Å². The Morgan fingerprint density at radius 3 is 2.42 bits per heavy atom. The van der Waals surface area contributed by atoms with Crippen LogP contribution < -0.4 is 0 Å². The molecular weight excluding hydrogens is 148 g/mol. The molecule has 68 valence electrons. The number of hydrazine groups is 1. The molecule has 0 N–H and O–H groups in total. The molecule has 1 aliphatic rings. The van der Waals surface area contributed by atoms with Gasteiger partial charge in [0.1, 0.15) is 0 Å². The third-order valence-corrected chi connectivity index (χ3v) is 2.83. The smallest absolute Gasteiger partial charge is 0.0521 e. The van der Waals surface area contributed by atoms with Gasteiger partial charge in [-0.25, -0.2) is 5.01 Å². The lowest BCUT2D eigenvalue weighted by Crippen LogP contribution is -2.37. The first kappa shape index (κ1) is 9.33. The fraction of sp³-hybridized carbons (Fsp3) is 0.600. The van der Waals surface area contributed by atoms with E-state index in [2.05, 4.69) is 44.4 Å². The molecule has 0 saturated heterocycles. The predicted octanol–water partition coefficient (Wildman–Crippen LogP) is 2.02. The molecule has 0 fully saturated rings. The highest BCUT2D eigenvalue weighted by atomic mass is 15.6. The van der Waals surface area contributed by atoms with Crippen molar-refractivity contribution < 1.29 is 0 Å². The van der Waals surface area contributed by atoms with Gasteiger partial charge < -0.3 is 5.01 Å². The third-order valence-electron chi connectivity index (χ3n) is 2.83. The summed E-state index contributed by atoms with van der Waals surface area (Å²) in [5.74, 6) is 0. The summed E-state index contributed by atoms with van der Waals surface area (Å²) in [5.41, 5.74) is 2.82. The van der Waals surface area contributed by atoms with E-state index in [1.807, 2.05) is 6.08 Å². The van der Waals surface area contributed by atoms with Crippen LogP contribution in [0, 0.1) is 0 Å². The Labute approximate surface area is 75.1 Å². The van der Waals surface area contributed by atoms with Crippen molar-refractivity contribution in [3.63, 3.8) is 0 Å². The van der Waals surface area contributed by atoms with Crippen LogP contribution in [0.25, 0.3) is 0 Å². The third kappa shape index (κ3) is 1.27. The molecule has 2 nitrogen and oxygen atoms in total. The van der Waals surface area contributed by atoms with Crippen LogP contribution in [0.3, 0.4) is 0 Å². The second-order valence-corrected chi connectivity index (χ2v) is 3.39. The Bertz CT molecular complexity index is 218. The lowest BCUT2D eigenvalue weighted by Gasteiger charge is -2.29. The molecule has 0 bridgehead atoms. The standard InChI is InChI=1S/C10H18N2/c1-6-7-12-10(4)8(2)9(3)11(12)5/h6,9H,1,7H2,2-5H3. The van der Waals surface area contributed by atoms with Gasteiger partial charge in [-0.15, -0.1) is 6.58 Å². The minimum absolute atomic E-state index is 0.532. The molecule has 0 radical (unpaired) electrons. The highest BCUT2D eigenvalue weighted by molar-refractivity contribution is 5.19. The zero-order valence-electron chi connectivity index (χ0n) is 8.46. The lowest BCUT2D eigenvalue weighted by atomic mass is 10.1. The molecule has 1 rings (SSSR count). The summed E-state index contributed by atoms with van der Waals surface area (Å²) in [6.07, 6.45) is 1.94. The molecule has 1 aliphatic heterocycles. The molecule has 0 amide bonds. The van der Waals surface area contributed by atoms with E-state index in [1.165, 1.54) is 11.3 Å². The summed E-state index contributed by atoms with van der Waals surface area (Å²) < 4.78 is 0. The van der Waals surface area contributed by atoms with E-state index >= 15 is 0 Å². The first-order valence-electron chi connectivity index (χ1n) is 4.38. The number of allylic oxidation sites excluding steroid dienone is 1. The zero-order chi connectivity index (χ0) is 9.30. The summed E-state index contributed by atoms with van der Waals surface area (Å²) in [4.78, 5) is 0. The first-order chi connectivity index (χ1) is 5.59. The highest BCUT2D eigenvalue weighted by Crippen LogP contribution is 2.26. The maximum Gasteiger partial charge on any atom is 0.0521 e. The second-order valence-electron chi connectivity index (χ2n) is 3.39. The van der Waals surface area contributed by atoms with Gasteiger partial charge in [-0.2, -0.15) is 0 Å². The van der Waals surface area contributed by atoms with E-state index < -0.39 is 0 Å². The molecule has 1 heterocycles. The van der Waals surface area contributed by atoms with Crippen LogP contribution >= 0.6 is 0 Å². The van der Waals surface area contributed by atoms with E-state index in [-0.39, 0.29) is 0 Å². The molecule has 0 saturated carbocycles. The average molecular weight is 166 g/mol. The molecule has 2 heteroatoms. The van der Waals surface area contributed by atoms with Crippen LogP contribution in [-0.4, -0.2) is 29.7 Å². The Balaban J connectivity index is 2.83. The monoisotopic (exact) mass is 166 g/mol. The molecule has 1 atom stereocenters. The summed E-state index contributed by atoms with van der Waals surface area (Å²) >= 11 is 0. The zero-order valence-corrected chi connectivity index (χ0v) is 8.46. The maximum atomic E-state index is 3.75. The summed E-state index contributed by atoms with van der Waals surface area (Å²) in [6.45, 7) is 11.2. The minimum Gasteiger partial charge on any atom is -0.306 e. The Hall–Kier alpha value is -0.760. The molecule has 0 aliphatic carbocycles. The molecule has 1 unspecified atom stereocenters. The minimum atomic E-state index is 0.532. The predicted molar refractivity (Wildman–Crippen MR) is 52.5 cm³/mol. The Morgan fingerprint density at radius 2 is 2.08 bits per heavy atom. The quantitative estimate of drug-likeness (QED) is 0.579. The molecule has 0 spiro atoms. The number of likely N-dealkylation sites (N-methyl/N-ethyl adjacent to an activating group) is 1. The SMILES string of the molecule is C=CCN1C(C)=C(C)C(C)N1C. The Morgan fingerprint density at radius 1 is 1.50 bits per heavy atom. The van der Waals surface area contributed by atoms with E-state index in [9.17, 15) is 0 Å². The van der Waals surface area contributed by atoms with Gasteiger partial charge in [0.2, 0.25) is 0 Å². The van der Waals surface area contributed by atoms with Crippen LogP contribution in [-0.2, 0) is 0 Å². The molecule has 0 aromatic heterocycles. The maximum absolute atomic E-state index is 3.75. The second kappa shape index (κ2) is 3.31. The summed E-state index contributed by atoms with van der Waals surface area (Å²) in [5, 5.41) is 4.51. The van der Waals surface area contributed by atoms with Gasteiger partial charge in [-0.05, 0) is 26.3 Å². The number of hydrogen-bond donors (Lipinski definition) is 0. The Kier molecular flexibility index (Phi) is 2.58. The van der Waals surface area contributed by atoms with Crippen molar-refractivity contribution in [2.45, 2.75) is 26.8 Å². The van der Waals surface area contributed by atoms with Gasteiger partial charge in [0.15, 0.2) is 0 Å². The van der Waals surface area contributed by atoms with Crippen molar-refractivity contribution in [1.82, 2.24) is 10.0 Å². The fourth-order valence-corrected chi connectivity index (χ4v) is 1.62. The van der Waals surface area contributed by atoms with Crippen molar-refractivity contribution in [3.05, 3.63) is 23.9 Å². The molecule has 0 aromatic rings. The molecule has 0 aromatic carbocycles. The first-order valence-corrected chi connectivity index (χ1v) is 4.38. The van der Waals surface area contributed by atoms with Crippen molar-refractivity contribution in [2.75, 3.05) is 13.6 Å². The van der Waals surface area contributed by atoms with Crippen LogP contribution in [0.5, 0.6) is 0 Å². The van der Waals surface area contributed by atoms with Crippen molar-refractivity contribution in [1.29, 1.82) is 0 Å². The summed E-state index contributed by atoms with van der Waals surface area (Å²) in [7, 11) is 2.12. The number of hydrogen-bond acceptors (Lipinski definition) is 2. The van der Waals surface area contributed by atoms with Gasteiger partial charge in [0, 0.05) is 18.8 Å². The average Bonchev–Trinajstić information content (AvgIpc) is 2.23. The molecule has 12 heavy (non-hydrogen) atoms. The van der Waals surface area contributed by atoms with Gasteiger partial charge in [-0.3, -0.25) is 0 Å². The van der Waals surface area contributed by atoms with E-state index in [1.54, 1.807) is 0 Å². The normalized spacial score (nSPS) is 25.3.